The Balaban J connectivity index is 1.78. The van der Waals surface area contributed by atoms with Crippen LogP contribution in [0.1, 0.15) is 25.0 Å². The van der Waals surface area contributed by atoms with Crippen LogP contribution in [0.25, 0.3) is 10.8 Å². The predicted molar refractivity (Wildman–Crippen MR) is 118 cm³/mol. The SMILES string of the molecule is CC(C)CNC(=O)C(=O)N/N=C\c1c(OCc2cccc(F)c2)ccc2ccccc12. The third kappa shape index (κ3) is 6.12. The van der Waals surface area contributed by atoms with Crippen molar-refractivity contribution < 1.29 is 18.7 Å². The summed E-state index contributed by atoms with van der Waals surface area (Å²) in [4.78, 5) is 23.7. The van der Waals surface area contributed by atoms with E-state index in [0.717, 1.165) is 10.8 Å². The van der Waals surface area contributed by atoms with Crippen LogP contribution in [-0.4, -0.2) is 24.6 Å². The molecule has 6 nitrogen and oxygen atoms in total. The van der Waals surface area contributed by atoms with Crippen molar-refractivity contribution in [1.29, 1.82) is 0 Å². The summed E-state index contributed by atoms with van der Waals surface area (Å²) >= 11 is 0. The van der Waals surface area contributed by atoms with Crippen molar-refractivity contribution in [3.63, 3.8) is 0 Å². The topological polar surface area (TPSA) is 79.8 Å². The van der Waals surface area contributed by atoms with Crippen LogP contribution >= 0.6 is 0 Å². The molecule has 0 saturated heterocycles. The van der Waals surface area contributed by atoms with Crippen LogP contribution in [0.5, 0.6) is 5.75 Å². The molecule has 0 aliphatic heterocycles. The molecule has 3 aromatic carbocycles. The normalized spacial score (nSPS) is 11.1. The van der Waals surface area contributed by atoms with Crippen LogP contribution in [0.4, 0.5) is 4.39 Å². The van der Waals surface area contributed by atoms with E-state index in [-0.39, 0.29) is 18.3 Å². The molecule has 0 aliphatic rings. The number of hydrogen-bond donors (Lipinski definition) is 2. The molecule has 2 N–H and O–H groups in total. The summed E-state index contributed by atoms with van der Waals surface area (Å²) in [6, 6.07) is 17.5. The number of benzene rings is 3. The molecule has 0 aliphatic carbocycles. The van der Waals surface area contributed by atoms with Crippen LogP contribution in [0.3, 0.4) is 0 Å². The van der Waals surface area contributed by atoms with Gasteiger partial charge in [-0.05, 0) is 40.5 Å². The minimum atomic E-state index is -0.848. The van der Waals surface area contributed by atoms with Crippen LogP contribution in [0, 0.1) is 11.7 Å². The van der Waals surface area contributed by atoms with Gasteiger partial charge in [0.25, 0.3) is 0 Å². The minimum Gasteiger partial charge on any atom is -0.488 e. The van der Waals surface area contributed by atoms with Crippen molar-refractivity contribution in [2.45, 2.75) is 20.5 Å². The fourth-order valence-corrected chi connectivity index (χ4v) is 2.91. The van der Waals surface area contributed by atoms with Crippen LogP contribution in [-0.2, 0) is 16.2 Å². The Morgan fingerprint density at radius 1 is 1.06 bits per heavy atom. The van der Waals surface area contributed by atoms with Gasteiger partial charge in [0.2, 0.25) is 0 Å². The average Bonchev–Trinajstić information content (AvgIpc) is 2.76. The van der Waals surface area contributed by atoms with Gasteiger partial charge in [-0.25, -0.2) is 9.82 Å². The van der Waals surface area contributed by atoms with E-state index >= 15 is 0 Å². The number of nitrogens with one attached hydrogen (secondary N) is 2. The lowest BCUT2D eigenvalue weighted by Crippen LogP contribution is -2.39. The minimum absolute atomic E-state index is 0.168. The molecular formula is C24H24FN3O3. The number of carbonyl (C=O) groups is 2. The number of carbonyl (C=O) groups excluding carboxylic acids is 2. The summed E-state index contributed by atoms with van der Waals surface area (Å²) in [6.45, 7) is 4.43. The van der Waals surface area contributed by atoms with E-state index in [9.17, 15) is 14.0 Å². The zero-order valence-corrected chi connectivity index (χ0v) is 17.4. The number of hydrazone groups is 1. The van der Waals surface area contributed by atoms with Gasteiger partial charge in [0.1, 0.15) is 18.2 Å². The van der Waals surface area contributed by atoms with Crippen molar-refractivity contribution in [2.24, 2.45) is 11.0 Å². The van der Waals surface area contributed by atoms with E-state index in [4.69, 9.17) is 4.74 Å². The second-order valence-electron chi connectivity index (χ2n) is 7.42. The van der Waals surface area contributed by atoms with Crippen LogP contribution in [0.2, 0.25) is 0 Å². The highest BCUT2D eigenvalue weighted by molar-refractivity contribution is 6.35. The summed E-state index contributed by atoms with van der Waals surface area (Å²) in [7, 11) is 0. The first kappa shape index (κ1) is 22.0. The van der Waals surface area contributed by atoms with Crippen molar-refractivity contribution in [3.8, 4) is 5.75 Å². The Morgan fingerprint density at radius 3 is 2.65 bits per heavy atom. The van der Waals surface area contributed by atoms with Gasteiger partial charge in [-0.15, -0.1) is 0 Å². The Labute approximate surface area is 180 Å². The van der Waals surface area contributed by atoms with Crippen molar-refractivity contribution in [2.75, 3.05) is 6.54 Å². The molecular weight excluding hydrogens is 397 g/mol. The van der Waals surface area contributed by atoms with Gasteiger partial charge >= 0.3 is 11.8 Å². The highest BCUT2D eigenvalue weighted by Crippen LogP contribution is 2.27. The van der Waals surface area contributed by atoms with Crippen molar-refractivity contribution >= 4 is 28.8 Å². The maximum absolute atomic E-state index is 13.4. The monoisotopic (exact) mass is 421 g/mol. The van der Waals surface area contributed by atoms with Crippen molar-refractivity contribution in [3.05, 3.63) is 77.6 Å². The molecule has 0 radical (unpaired) electrons. The Morgan fingerprint density at radius 2 is 1.87 bits per heavy atom. The molecule has 0 atom stereocenters. The summed E-state index contributed by atoms with van der Waals surface area (Å²) < 4.78 is 19.3. The fourth-order valence-electron chi connectivity index (χ4n) is 2.91. The molecule has 0 heterocycles. The quantitative estimate of drug-likeness (QED) is 0.346. The number of fused-ring (bicyclic) bond motifs is 1. The highest BCUT2D eigenvalue weighted by Gasteiger charge is 2.13. The predicted octanol–water partition coefficient (Wildman–Crippen LogP) is 3.78. The first-order chi connectivity index (χ1) is 14.9. The number of hydrogen-bond acceptors (Lipinski definition) is 4. The second kappa shape index (κ2) is 10.3. The molecule has 160 valence electrons. The van der Waals surface area contributed by atoms with Gasteiger partial charge in [-0.1, -0.05) is 56.3 Å². The van der Waals surface area contributed by atoms with E-state index in [1.807, 2.05) is 44.2 Å². The zero-order valence-electron chi connectivity index (χ0n) is 17.4. The molecule has 0 aromatic heterocycles. The van der Waals surface area contributed by atoms with E-state index in [1.165, 1.54) is 18.3 Å². The third-order valence-electron chi connectivity index (χ3n) is 4.45. The number of halogens is 1. The summed E-state index contributed by atoms with van der Waals surface area (Å²) in [5.41, 5.74) is 3.56. The molecule has 0 spiro atoms. The Kier molecular flexibility index (Phi) is 7.32. The van der Waals surface area contributed by atoms with Crippen molar-refractivity contribution in [1.82, 2.24) is 10.7 Å². The lowest BCUT2D eigenvalue weighted by atomic mass is 10.0. The van der Waals surface area contributed by atoms with Crippen LogP contribution < -0.4 is 15.5 Å². The first-order valence-corrected chi connectivity index (χ1v) is 9.94. The largest absolute Gasteiger partial charge is 0.488 e. The molecule has 2 amide bonds. The maximum atomic E-state index is 13.4. The fraction of sp³-hybridized carbons (Fsp3) is 0.208. The smallest absolute Gasteiger partial charge is 0.329 e. The van der Waals surface area contributed by atoms with Gasteiger partial charge < -0.3 is 10.1 Å². The number of ether oxygens (including phenoxy) is 1. The number of amides is 2. The average molecular weight is 421 g/mol. The van der Waals surface area contributed by atoms with E-state index in [0.29, 0.717) is 23.4 Å². The second-order valence-corrected chi connectivity index (χ2v) is 7.42. The molecule has 0 fully saturated rings. The maximum Gasteiger partial charge on any atom is 0.329 e. The molecule has 3 aromatic rings. The molecule has 31 heavy (non-hydrogen) atoms. The summed E-state index contributed by atoms with van der Waals surface area (Å²) in [5, 5.41) is 8.30. The zero-order chi connectivity index (χ0) is 22.2. The number of nitrogens with zero attached hydrogens (tertiary/aromatic N) is 1. The van der Waals surface area contributed by atoms with Gasteiger partial charge in [0.05, 0.1) is 6.21 Å². The number of rotatable bonds is 7. The molecule has 7 heteroatoms. The Bertz CT molecular complexity index is 1110. The molecule has 0 unspecified atom stereocenters. The lowest BCUT2D eigenvalue weighted by Gasteiger charge is -2.12. The highest BCUT2D eigenvalue weighted by atomic mass is 19.1. The van der Waals surface area contributed by atoms with Crippen LogP contribution in [0.15, 0.2) is 65.8 Å². The Hall–Kier alpha value is -3.74. The molecule has 0 bridgehead atoms. The van der Waals surface area contributed by atoms with Gasteiger partial charge in [-0.2, -0.15) is 5.10 Å². The van der Waals surface area contributed by atoms with Gasteiger partial charge in [-0.3, -0.25) is 9.59 Å². The molecule has 0 saturated carbocycles. The summed E-state index contributed by atoms with van der Waals surface area (Å²) in [5.74, 6) is -1.18. The van der Waals surface area contributed by atoms with Gasteiger partial charge in [0.15, 0.2) is 0 Å². The standard InChI is InChI=1S/C24H24FN3O3/c1-16(2)13-26-23(29)24(30)28-27-14-21-20-9-4-3-7-18(20)10-11-22(21)31-15-17-6-5-8-19(25)12-17/h3-12,14,16H,13,15H2,1-2H3,(H,26,29)(H,28,30)/b27-14-. The first-order valence-electron chi connectivity index (χ1n) is 9.94. The van der Waals surface area contributed by atoms with Gasteiger partial charge in [0, 0.05) is 12.1 Å². The molecule has 3 rings (SSSR count). The summed E-state index contributed by atoms with van der Waals surface area (Å²) in [6.07, 6.45) is 1.44. The lowest BCUT2D eigenvalue weighted by molar-refractivity contribution is -0.139. The van der Waals surface area contributed by atoms with E-state index < -0.39 is 11.8 Å². The van der Waals surface area contributed by atoms with E-state index in [1.54, 1.807) is 18.2 Å². The van der Waals surface area contributed by atoms with E-state index in [2.05, 4.69) is 15.8 Å². The third-order valence-corrected chi connectivity index (χ3v) is 4.45.